The Labute approximate surface area is 114 Å². The summed E-state index contributed by atoms with van der Waals surface area (Å²) in [7, 11) is 1.63. The van der Waals surface area contributed by atoms with Crippen LogP contribution in [-0.4, -0.2) is 31.1 Å². The number of urea groups is 1. The monoisotopic (exact) mass is 262 g/mol. The zero-order chi connectivity index (χ0) is 13.8. The summed E-state index contributed by atoms with van der Waals surface area (Å²) in [6.07, 6.45) is 1.20. The summed E-state index contributed by atoms with van der Waals surface area (Å²) in [5.74, 6) is 1.94. The van der Waals surface area contributed by atoms with Gasteiger partial charge in [-0.05, 0) is 42.5 Å². The highest BCUT2D eigenvalue weighted by molar-refractivity contribution is 5.89. The third-order valence-corrected chi connectivity index (χ3v) is 3.50. The number of likely N-dealkylation sites (tertiary alicyclic amines) is 1. The number of amides is 2. The number of ether oxygens (including phenoxy) is 1. The van der Waals surface area contributed by atoms with Crippen molar-refractivity contribution in [2.75, 3.05) is 25.5 Å². The lowest BCUT2D eigenvalue weighted by atomic mass is 9.92. The molecule has 1 aliphatic rings. The van der Waals surface area contributed by atoms with Gasteiger partial charge in [-0.1, -0.05) is 13.8 Å². The van der Waals surface area contributed by atoms with Gasteiger partial charge in [-0.3, -0.25) is 0 Å². The number of anilines is 1. The highest BCUT2D eigenvalue weighted by Gasteiger charge is 2.25. The van der Waals surface area contributed by atoms with Crippen molar-refractivity contribution in [2.45, 2.75) is 20.3 Å². The minimum absolute atomic E-state index is 0.0106. The van der Waals surface area contributed by atoms with E-state index in [0.717, 1.165) is 24.5 Å². The summed E-state index contributed by atoms with van der Waals surface area (Å²) < 4.78 is 5.10. The van der Waals surface area contributed by atoms with Crippen LogP contribution < -0.4 is 10.1 Å². The van der Waals surface area contributed by atoms with Crippen molar-refractivity contribution in [2.24, 2.45) is 11.8 Å². The van der Waals surface area contributed by atoms with Crippen LogP contribution in [0.5, 0.6) is 5.75 Å². The van der Waals surface area contributed by atoms with Gasteiger partial charge in [-0.2, -0.15) is 0 Å². The molecule has 1 saturated heterocycles. The molecule has 2 rings (SSSR count). The van der Waals surface area contributed by atoms with E-state index in [0.29, 0.717) is 11.8 Å². The summed E-state index contributed by atoms with van der Waals surface area (Å²) in [6.45, 7) is 6.07. The Morgan fingerprint density at radius 2 is 1.79 bits per heavy atom. The molecular weight excluding hydrogens is 240 g/mol. The first-order valence-electron chi connectivity index (χ1n) is 6.78. The van der Waals surface area contributed by atoms with E-state index in [4.69, 9.17) is 4.74 Å². The Hall–Kier alpha value is -1.71. The molecule has 0 aromatic heterocycles. The zero-order valence-electron chi connectivity index (χ0n) is 11.8. The predicted molar refractivity (Wildman–Crippen MR) is 76.5 cm³/mol. The molecule has 1 aromatic carbocycles. The molecule has 2 atom stereocenters. The number of methoxy groups -OCH3 is 1. The summed E-state index contributed by atoms with van der Waals surface area (Å²) in [5.41, 5.74) is 0.802. The van der Waals surface area contributed by atoms with Gasteiger partial charge in [0.05, 0.1) is 7.11 Å². The Morgan fingerprint density at radius 1 is 1.21 bits per heavy atom. The van der Waals surface area contributed by atoms with Gasteiger partial charge in [0.1, 0.15) is 5.75 Å². The van der Waals surface area contributed by atoms with Gasteiger partial charge in [-0.25, -0.2) is 4.79 Å². The molecule has 4 heteroatoms. The summed E-state index contributed by atoms with van der Waals surface area (Å²) in [4.78, 5) is 14.1. The lowest BCUT2D eigenvalue weighted by Gasteiger charge is -2.34. The van der Waals surface area contributed by atoms with Gasteiger partial charge in [-0.15, -0.1) is 0 Å². The molecule has 0 bridgehead atoms. The topological polar surface area (TPSA) is 41.6 Å². The van der Waals surface area contributed by atoms with E-state index in [9.17, 15) is 4.79 Å². The van der Waals surface area contributed by atoms with Crippen LogP contribution in [0.3, 0.4) is 0 Å². The van der Waals surface area contributed by atoms with Gasteiger partial charge >= 0.3 is 6.03 Å². The van der Waals surface area contributed by atoms with Gasteiger partial charge in [0, 0.05) is 18.8 Å². The van der Waals surface area contributed by atoms with Gasteiger partial charge in [0.25, 0.3) is 0 Å². The van der Waals surface area contributed by atoms with Crippen molar-refractivity contribution in [3.8, 4) is 5.75 Å². The van der Waals surface area contributed by atoms with E-state index < -0.39 is 0 Å². The number of carbonyl (C=O) groups excluding carboxylic acids is 1. The molecule has 4 nitrogen and oxygen atoms in total. The van der Waals surface area contributed by atoms with Crippen molar-refractivity contribution < 1.29 is 9.53 Å². The Kier molecular flexibility index (Phi) is 4.30. The second kappa shape index (κ2) is 5.95. The molecule has 2 amide bonds. The highest BCUT2D eigenvalue weighted by Crippen LogP contribution is 2.22. The Balaban J connectivity index is 1.96. The minimum Gasteiger partial charge on any atom is -0.497 e. The first kappa shape index (κ1) is 13.7. The average molecular weight is 262 g/mol. The maximum absolute atomic E-state index is 12.2. The second-order valence-electron chi connectivity index (χ2n) is 5.51. The van der Waals surface area contributed by atoms with Crippen LogP contribution in [0.15, 0.2) is 24.3 Å². The van der Waals surface area contributed by atoms with E-state index in [1.165, 1.54) is 6.42 Å². The first-order chi connectivity index (χ1) is 9.08. The Bertz CT molecular complexity index is 420. The van der Waals surface area contributed by atoms with Gasteiger partial charge < -0.3 is 15.0 Å². The van der Waals surface area contributed by atoms with E-state index in [1.54, 1.807) is 7.11 Å². The smallest absolute Gasteiger partial charge is 0.321 e. The molecule has 19 heavy (non-hydrogen) atoms. The third kappa shape index (κ3) is 3.63. The molecule has 0 radical (unpaired) electrons. The summed E-state index contributed by atoms with van der Waals surface area (Å²) >= 11 is 0. The van der Waals surface area contributed by atoms with Crippen molar-refractivity contribution in [3.63, 3.8) is 0 Å². The van der Waals surface area contributed by atoms with Gasteiger partial charge in [0.15, 0.2) is 0 Å². The van der Waals surface area contributed by atoms with Crippen molar-refractivity contribution in [3.05, 3.63) is 24.3 Å². The molecule has 0 spiro atoms. The van der Waals surface area contributed by atoms with E-state index in [-0.39, 0.29) is 6.03 Å². The predicted octanol–water partition coefficient (Wildman–Crippen LogP) is 3.21. The van der Waals surface area contributed by atoms with Crippen molar-refractivity contribution in [1.29, 1.82) is 0 Å². The molecule has 1 aliphatic heterocycles. The average Bonchev–Trinajstić information content (AvgIpc) is 2.38. The number of piperidine rings is 1. The molecule has 1 heterocycles. The molecule has 104 valence electrons. The normalized spacial score (nSPS) is 23.0. The quantitative estimate of drug-likeness (QED) is 0.889. The number of benzene rings is 1. The van der Waals surface area contributed by atoms with Crippen LogP contribution in [0, 0.1) is 11.8 Å². The fraction of sp³-hybridized carbons (Fsp3) is 0.533. The maximum Gasteiger partial charge on any atom is 0.321 e. The van der Waals surface area contributed by atoms with Crippen molar-refractivity contribution in [1.82, 2.24) is 4.90 Å². The first-order valence-corrected chi connectivity index (χ1v) is 6.78. The standard InChI is InChI=1S/C15H22N2O2/c1-11-8-12(2)10-17(9-11)15(18)16-13-4-6-14(19-3)7-5-13/h4-7,11-12H,8-10H2,1-3H3,(H,16,18). The number of rotatable bonds is 2. The molecule has 1 fully saturated rings. The molecule has 0 saturated carbocycles. The highest BCUT2D eigenvalue weighted by atomic mass is 16.5. The zero-order valence-corrected chi connectivity index (χ0v) is 11.8. The maximum atomic E-state index is 12.2. The fourth-order valence-corrected chi connectivity index (χ4v) is 2.71. The van der Waals surface area contributed by atoms with Crippen LogP contribution in [0.2, 0.25) is 0 Å². The van der Waals surface area contributed by atoms with E-state index >= 15 is 0 Å². The van der Waals surface area contributed by atoms with E-state index in [2.05, 4.69) is 19.2 Å². The third-order valence-electron chi connectivity index (χ3n) is 3.50. The van der Waals surface area contributed by atoms with Crippen LogP contribution in [0.4, 0.5) is 10.5 Å². The molecule has 2 unspecified atom stereocenters. The molecule has 0 aliphatic carbocycles. The summed E-state index contributed by atoms with van der Waals surface area (Å²) in [5, 5.41) is 2.94. The fourth-order valence-electron chi connectivity index (χ4n) is 2.71. The van der Waals surface area contributed by atoms with Crippen LogP contribution >= 0.6 is 0 Å². The minimum atomic E-state index is -0.0106. The molecular formula is C15H22N2O2. The second-order valence-corrected chi connectivity index (χ2v) is 5.51. The number of nitrogens with zero attached hydrogens (tertiary/aromatic N) is 1. The summed E-state index contributed by atoms with van der Waals surface area (Å²) in [6, 6.07) is 7.39. The van der Waals surface area contributed by atoms with E-state index in [1.807, 2.05) is 29.2 Å². The number of nitrogens with one attached hydrogen (secondary N) is 1. The Morgan fingerprint density at radius 3 is 2.32 bits per heavy atom. The number of carbonyl (C=O) groups is 1. The SMILES string of the molecule is COc1ccc(NC(=O)N2CC(C)CC(C)C2)cc1. The largest absolute Gasteiger partial charge is 0.497 e. The van der Waals surface area contributed by atoms with Crippen LogP contribution in [0.25, 0.3) is 0 Å². The van der Waals surface area contributed by atoms with Gasteiger partial charge in [0.2, 0.25) is 0 Å². The van der Waals surface area contributed by atoms with Crippen LogP contribution in [-0.2, 0) is 0 Å². The van der Waals surface area contributed by atoms with Crippen LogP contribution in [0.1, 0.15) is 20.3 Å². The molecule has 1 N–H and O–H groups in total. The lowest BCUT2D eigenvalue weighted by molar-refractivity contribution is 0.156. The number of hydrogen-bond donors (Lipinski definition) is 1. The lowest BCUT2D eigenvalue weighted by Crippen LogP contribution is -2.44. The van der Waals surface area contributed by atoms with Crippen molar-refractivity contribution >= 4 is 11.7 Å². The molecule has 1 aromatic rings. The number of hydrogen-bond acceptors (Lipinski definition) is 2.